The van der Waals surface area contributed by atoms with Crippen molar-refractivity contribution in [2.45, 2.75) is 12.3 Å². The molecule has 9 nitrogen and oxygen atoms in total. The first kappa shape index (κ1) is 20.5. The average Bonchev–Trinajstić information content (AvgIpc) is 3.45. The first-order valence-corrected chi connectivity index (χ1v) is 9.66. The molecular weight excluding hydrogens is 402 g/mol. The third-order valence-electron chi connectivity index (χ3n) is 5.24. The highest BCUT2D eigenvalue weighted by atomic mass is 16.5. The molecule has 31 heavy (non-hydrogen) atoms. The fourth-order valence-electron chi connectivity index (χ4n) is 3.61. The van der Waals surface area contributed by atoms with Gasteiger partial charge in [-0.05, 0) is 30.3 Å². The van der Waals surface area contributed by atoms with Crippen LogP contribution < -0.4 is 23.8 Å². The molecule has 1 aliphatic heterocycles. The Kier molecular flexibility index (Phi) is 5.66. The number of anilines is 1. The molecule has 2 aromatic carbocycles. The van der Waals surface area contributed by atoms with Gasteiger partial charge in [0.05, 0.1) is 40.0 Å². The number of hydrogen-bond donors (Lipinski definition) is 0. The number of benzene rings is 2. The Morgan fingerprint density at radius 3 is 2.42 bits per heavy atom. The van der Waals surface area contributed by atoms with Gasteiger partial charge in [-0.15, -0.1) is 0 Å². The molecular formula is C22H23N3O6. The molecule has 3 aromatic rings. The lowest BCUT2D eigenvalue weighted by Crippen LogP contribution is -2.24. The topological polar surface area (TPSA) is 96.2 Å². The molecule has 0 N–H and O–H groups in total. The van der Waals surface area contributed by atoms with E-state index in [0.29, 0.717) is 46.9 Å². The predicted molar refractivity (Wildman–Crippen MR) is 112 cm³/mol. The standard InChI is InChI=1S/C22H23N3O6/c1-27-15-6-7-16(18(11-15)29-3)25-12-14(10-20(25)26)22-23-21(24-31-22)13-5-8-17(28-2)19(9-13)30-4/h5-9,11,14H,10,12H2,1-4H3/t14-/m0/s1. The fraction of sp³-hybridized carbons (Fsp3) is 0.318. The second-order valence-corrected chi connectivity index (χ2v) is 6.97. The van der Waals surface area contributed by atoms with Crippen LogP contribution in [-0.2, 0) is 4.79 Å². The lowest BCUT2D eigenvalue weighted by molar-refractivity contribution is -0.117. The second-order valence-electron chi connectivity index (χ2n) is 6.97. The SMILES string of the molecule is COc1ccc(N2C[C@@H](c3nc(-c4ccc(OC)c(OC)c4)no3)CC2=O)c(OC)c1. The molecule has 162 valence electrons. The van der Waals surface area contributed by atoms with Gasteiger partial charge < -0.3 is 28.4 Å². The molecule has 0 spiro atoms. The molecule has 1 aromatic heterocycles. The number of rotatable bonds is 7. The van der Waals surface area contributed by atoms with Crippen molar-refractivity contribution in [3.63, 3.8) is 0 Å². The smallest absolute Gasteiger partial charge is 0.232 e. The summed E-state index contributed by atoms with van der Waals surface area (Å²) in [6.07, 6.45) is 0.267. The molecule has 0 radical (unpaired) electrons. The van der Waals surface area contributed by atoms with Crippen LogP contribution >= 0.6 is 0 Å². The highest BCUT2D eigenvalue weighted by Crippen LogP contribution is 2.38. The minimum Gasteiger partial charge on any atom is -0.497 e. The van der Waals surface area contributed by atoms with E-state index in [1.165, 1.54) is 0 Å². The Labute approximate surface area is 179 Å². The first-order valence-electron chi connectivity index (χ1n) is 9.66. The van der Waals surface area contributed by atoms with E-state index in [0.717, 1.165) is 5.56 Å². The maximum Gasteiger partial charge on any atom is 0.232 e. The van der Waals surface area contributed by atoms with Gasteiger partial charge in [-0.3, -0.25) is 4.79 Å². The zero-order chi connectivity index (χ0) is 22.0. The summed E-state index contributed by atoms with van der Waals surface area (Å²) in [6, 6.07) is 10.7. The van der Waals surface area contributed by atoms with Gasteiger partial charge in [0.1, 0.15) is 11.5 Å². The summed E-state index contributed by atoms with van der Waals surface area (Å²) in [5.74, 6) is 2.96. The monoisotopic (exact) mass is 425 g/mol. The minimum absolute atomic E-state index is 0.0423. The normalized spacial score (nSPS) is 15.8. The lowest BCUT2D eigenvalue weighted by Gasteiger charge is -2.19. The van der Waals surface area contributed by atoms with Crippen molar-refractivity contribution >= 4 is 11.6 Å². The highest BCUT2D eigenvalue weighted by molar-refractivity contribution is 5.97. The van der Waals surface area contributed by atoms with Gasteiger partial charge in [-0.2, -0.15) is 4.98 Å². The molecule has 0 aliphatic carbocycles. The molecule has 0 unspecified atom stereocenters. The van der Waals surface area contributed by atoms with Crippen molar-refractivity contribution in [1.29, 1.82) is 0 Å². The number of nitrogens with zero attached hydrogens (tertiary/aromatic N) is 3. The predicted octanol–water partition coefficient (Wildman–Crippen LogP) is 3.29. The summed E-state index contributed by atoms with van der Waals surface area (Å²) in [6.45, 7) is 0.412. The summed E-state index contributed by atoms with van der Waals surface area (Å²) in [7, 11) is 6.28. The fourth-order valence-corrected chi connectivity index (χ4v) is 3.61. The van der Waals surface area contributed by atoms with E-state index in [1.807, 2.05) is 6.07 Å². The third-order valence-corrected chi connectivity index (χ3v) is 5.24. The van der Waals surface area contributed by atoms with Crippen molar-refractivity contribution in [2.75, 3.05) is 39.9 Å². The Balaban J connectivity index is 1.56. The van der Waals surface area contributed by atoms with E-state index in [1.54, 1.807) is 63.7 Å². The number of amides is 1. The Bertz CT molecular complexity index is 1100. The second kappa shape index (κ2) is 8.55. The van der Waals surface area contributed by atoms with E-state index in [2.05, 4.69) is 10.1 Å². The van der Waals surface area contributed by atoms with Crippen LogP contribution in [0.2, 0.25) is 0 Å². The van der Waals surface area contributed by atoms with Crippen molar-refractivity contribution in [1.82, 2.24) is 10.1 Å². The number of ether oxygens (including phenoxy) is 4. The zero-order valence-corrected chi connectivity index (χ0v) is 17.7. The zero-order valence-electron chi connectivity index (χ0n) is 17.7. The molecule has 4 rings (SSSR count). The Morgan fingerprint density at radius 1 is 0.935 bits per heavy atom. The van der Waals surface area contributed by atoms with E-state index >= 15 is 0 Å². The molecule has 1 aliphatic rings. The van der Waals surface area contributed by atoms with Crippen LogP contribution in [0.25, 0.3) is 11.4 Å². The van der Waals surface area contributed by atoms with Crippen molar-refractivity contribution in [3.05, 3.63) is 42.3 Å². The number of aromatic nitrogens is 2. The van der Waals surface area contributed by atoms with Crippen LogP contribution in [0.3, 0.4) is 0 Å². The van der Waals surface area contributed by atoms with Crippen molar-refractivity contribution < 1.29 is 28.3 Å². The van der Waals surface area contributed by atoms with Crippen LogP contribution in [0, 0.1) is 0 Å². The lowest BCUT2D eigenvalue weighted by atomic mass is 10.1. The quantitative estimate of drug-likeness (QED) is 0.569. The maximum atomic E-state index is 12.7. The summed E-state index contributed by atoms with van der Waals surface area (Å²) in [5, 5.41) is 4.09. The molecule has 1 fully saturated rings. The number of carbonyl (C=O) groups is 1. The van der Waals surface area contributed by atoms with Crippen molar-refractivity contribution in [2.24, 2.45) is 0 Å². The van der Waals surface area contributed by atoms with Gasteiger partial charge >= 0.3 is 0 Å². The van der Waals surface area contributed by atoms with Crippen LogP contribution in [0.15, 0.2) is 40.9 Å². The summed E-state index contributed by atoms with van der Waals surface area (Å²) in [4.78, 5) is 18.9. The van der Waals surface area contributed by atoms with Gasteiger partial charge in [0.15, 0.2) is 11.5 Å². The van der Waals surface area contributed by atoms with Gasteiger partial charge in [-0.25, -0.2) is 0 Å². The Hall–Kier alpha value is -3.75. The van der Waals surface area contributed by atoms with E-state index in [4.69, 9.17) is 23.5 Å². The largest absolute Gasteiger partial charge is 0.497 e. The van der Waals surface area contributed by atoms with E-state index in [9.17, 15) is 4.79 Å². The molecule has 1 atom stereocenters. The number of carbonyl (C=O) groups excluding carboxylic acids is 1. The summed E-state index contributed by atoms with van der Waals surface area (Å²) in [5.41, 5.74) is 1.40. The van der Waals surface area contributed by atoms with Gasteiger partial charge in [0.2, 0.25) is 17.6 Å². The summed E-state index contributed by atoms with van der Waals surface area (Å²) >= 11 is 0. The molecule has 0 bridgehead atoms. The molecule has 2 heterocycles. The van der Waals surface area contributed by atoms with Crippen LogP contribution in [0.5, 0.6) is 23.0 Å². The van der Waals surface area contributed by atoms with Gasteiger partial charge in [-0.1, -0.05) is 5.16 Å². The molecule has 0 saturated carbocycles. The third kappa shape index (κ3) is 3.86. The van der Waals surface area contributed by atoms with E-state index < -0.39 is 0 Å². The van der Waals surface area contributed by atoms with E-state index in [-0.39, 0.29) is 18.2 Å². The van der Waals surface area contributed by atoms with Crippen LogP contribution in [-0.4, -0.2) is 51.0 Å². The molecule has 9 heteroatoms. The average molecular weight is 425 g/mol. The minimum atomic E-state index is -0.222. The number of methoxy groups -OCH3 is 4. The molecule has 1 saturated heterocycles. The van der Waals surface area contributed by atoms with Gasteiger partial charge in [0.25, 0.3) is 0 Å². The molecule has 1 amide bonds. The van der Waals surface area contributed by atoms with Crippen LogP contribution in [0.4, 0.5) is 5.69 Å². The maximum absolute atomic E-state index is 12.7. The van der Waals surface area contributed by atoms with Gasteiger partial charge in [0, 0.05) is 24.6 Å². The first-order chi connectivity index (χ1) is 15.1. The Morgan fingerprint density at radius 2 is 1.71 bits per heavy atom. The highest BCUT2D eigenvalue weighted by Gasteiger charge is 2.36. The van der Waals surface area contributed by atoms with Crippen molar-refractivity contribution in [3.8, 4) is 34.4 Å². The number of hydrogen-bond acceptors (Lipinski definition) is 8. The van der Waals surface area contributed by atoms with Crippen LogP contribution in [0.1, 0.15) is 18.2 Å². The summed E-state index contributed by atoms with van der Waals surface area (Å²) < 4.78 is 26.8.